The second-order valence-corrected chi connectivity index (χ2v) is 6.01. The molecule has 0 radical (unpaired) electrons. The lowest BCUT2D eigenvalue weighted by Crippen LogP contribution is -2.31. The number of halogens is 1. The lowest BCUT2D eigenvalue weighted by Gasteiger charge is -2.27. The molecule has 0 atom stereocenters. The zero-order valence-corrected chi connectivity index (χ0v) is 13.7. The van der Waals surface area contributed by atoms with Crippen LogP contribution in [0.2, 0.25) is 0 Å². The molecular weight excluding hydrogens is 293 g/mol. The summed E-state index contributed by atoms with van der Waals surface area (Å²) in [7, 11) is 0. The van der Waals surface area contributed by atoms with Crippen LogP contribution in [0, 0.1) is 19.7 Å². The molecular formula is C18H22FN3O. The van der Waals surface area contributed by atoms with E-state index in [1.165, 1.54) is 31.4 Å². The Morgan fingerprint density at radius 1 is 1.13 bits per heavy atom. The number of anilines is 1. The van der Waals surface area contributed by atoms with Gasteiger partial charge in [0.1, 0.15) is 12.4 Å². The molecule has 23 heavy (non-hydrogen) atoms. The molecule has 1 fully saturated rings. The highest BCUT2D eigenvalue weighted by atomic mass is 19.1. The molecule has 2 heterocycles. The molecule has 2 aromatic rings. The van der Waals surface area contributed by atoms with E-state index in [2.05, 4.69) is 14.9 Å². The SMILES string of the molecule is Cc1nc(N2CCCCC2)nc(OCc2cccc(F)c2)c1C. The van der Waals surface area contributed by atoms with Crippen LogP contribution in [0.3, 0.4) is 0 Å². The summed E-state index contributed by atoms with van der Waals surface area (Å²) in [5.74, 6) is 1.07. The Labute approximate surface area is 136 Å². The molecule has 0 saturated carbocycles. The van der Waals surface area contributed by atoms with Crippen molar-refractivity contribution in [2.45, 2.75) is 39.7 Å². The van der Waals surface area contributed by atoms with E-state index in [4.69, 9.17) is 4.74 Å². The van der Waals surface area contributed by atoms with Gasteiger partial charge < -0.3 is 9.64 Å². The Bertz CT molecular complexity index is 684. The fraction of sp³-hybridized carbons (Fsp3) is 0.444. The average molecular weight is 315 g/mol. The summed E-state index contributed by atoms with van der Waals surface area (Å²) in [4.78, 5) is 11.4. The Balaban J connectivity index is 1.78. The minimum atomic E-state index is -0.254. The first-order valence-corrected chi connectivity index (χ1v) is 8.11. The number of hydrogen-bond donors (Lipinski definition) is 0. The summed E-state index contributed by atoms with van der Waals surface area (Å²) in [6, 6.07) is 6.44. The molecule has 1 aromatic carbocycles. The Kier molecular flexibility index (Phi) is 4.74. The second kappa shape index (κ2) is 6.94. The minimum absolute atomic E-state index is 0.254. The van der Waals surface area contributed by atoms with Gasteiger partial charge in [-0.1, -0.05) is 12.1 Å². The van der Waals surface area contributed by atoms with Crippen LogP contribution in [0.5, 0.6) is 5.88 Å². The van der Waals surface area contributed by atoms with Crippen molar-refractivity contribution in [1.82, 2.24) is 9.97 Å². The van der Waals surface area contributed by atoms with E-state index in [1.54, 1.807) is 6.07 Å². The van der Waals surface area contributed by atoms with Gasteiger partial charge in [0.15, 0.2) is 0 Å². The summed E-state index contributed by atoms with van der Waals surface area (Å²) in [6.45, 7) is 6.21. The van der Waals surface area contributed by atoms with E-state index >= 15 is 0 Å². The van der Waals surface area contributed by atoms with Gasteiger partial charge in [-0.2, -0.15) is 4.98 Å². The second-order valence-electron chi connectivity index (χ2n) is 6.01. The first-order chi connectivity index (χ1) is 11.1. The zero-order chi connectivity index (χ0) is 16.2. The maximum atomic E-state index is 13.3. The van der Waals surface area contributed by atoms with Gasteiger partial charge in [0, 0.05) is 24.3 Å². The van der Waals surface area contributed by atoms with Crippen LogP contribution < -0.4 is 9.64 Å². The van der Waals surface area contributed by atoms with Crippen LogP contribution in [0.15, 0.2) is 24.3 Å². The van der Waals surface area contributed by atoms with E-state index < -0.39 is 0 Å². The van der Waals surface area contributed by atoms with Crippen molar-refractivity contribution in [3.63, 3.8) is 0 Å². The lowest BCUT2D eigenvalue weighted by molar-refractivity contribution is 0.290. The summed E-state index contributed by atoms with van der Waals surface area (Å²) >= 11 is 0. The molecule has 4 nitrogen and oxygen atoms in total. The molecule has 1 aliphatic heterocycles. The average Bonchev–Trinajstić information content (AvgIpc) is 2.57. The van der Waals surface area contributed by atoms with Crippen LogP contribution >= 0.6 is 0 Å². The number of aryl methyl sites for hydroxylation is 1. The van der Waals surface area contributed by atoms with Gasteiger partial charge in [0.05, 0.1) is 0 Å². The Morgan fingerprint density at radius 3 is 2.65 bits per heavy atom. The van der Waals surface area contributed by atoms with Crippen molar-refractivity contribution in [2.24, 2.45) is 0 Å². The van der Waals surface area contributed by atoms with E-state index in [0.29, 0.717) is 12.5 Å². The van der Waals surface area contributed by atoms with E-state index in [9.17, 15) is 4.39 Å². The quantitative estimate of drug-likeness (QED) is 0.860. The number of aromatic nitrogens is 2. The summed E-state index contributed by atoms with van der Waals surface area (Å²) < 4.78 is 19.1. The fourth-order valence-electron chi connectivity index (χ4n) is 2.74. The molecule has 3 rings (SSSR count). The van der Waals surface area contributed by atoms with Crippen LogP contribution in [-0.4, -0.2) is 23.1 Å². The standard InChI is InChI=1S/C18H22FN3O/c1-13-14(2)20-18(22-9-4-3-5-10-22)21-17(13)23-12-15-7-6-8-16(19)11-15/h6-8,11H,3-5,9-10,12H2,1-2H3. The molecule has 1 aromatic heterocycles. The largest absolute Gasteiger partial charge is 0.472 e. The summed E-state index contributed by atoms with van der Waals surface area (Å²) in [5.41, 5.74) is 2.65. The molecule has 0 N–H and O–H groups in total. The molecule has 122 valence electrons. The highest BCUT2D eigenvalue weighted by Gasteiger charge is 2.17. The third-order valence-electron chi connectivity index (χ3n) is 4.24. The highest BCUT2D eigenvalue weighted by molar-refractivity contribution is 5.39. The van der Waals surface area contributed by atoms with Crippen molar-refractivity contribution >= 4 is 5.95 Å². The van der Waals surface area contributed by atoms with Crippen molar-refractivity contribution in [3.8, 4) is 5.88 Å². The molecule has 1 aliphatic rings. The van der Waals surface area contributed by atoms with Gasteiger partial charge in [-0.15, -0.1) is 0 Å². The molecule has 1 saturated heterocycles. The predicted molar refractivity (Wildman–Crippen MR) is 88.3 cm³/mol. The van der Waals surface area contributed by atoms with Crippen LogP contribution in [0.25, 0.3) is 0 Å². The monoisotopic (exact) mass is 315 g/mol. The fourth-order valence-corrected chi connectivity index (χ4v) is 2.74. The zero-order valence-electron chi connectivity index (χ0n) is 13.7. The van der Waals surface area contributed by atoms with Gasteiger partial charge in [-0.05, 0) is 50.8 Å². The van der Waals surface area contributed by atoms with E-state index in [0.717, 1.165) is 35.9 Å². The number of nitrogens with zero attached hydrogens (tertiary/aromatic N) is 3. The molecule has 0 aliphatic carbocycles. The number of rotatable bonds is 4. The van der Waals surface area contributed by atoms with Crippen LogP contribution in [0.1, 0.15) is 36.1 Å². The first-order valence-electron chi connectivity index (χ1n) is 8.11. The molecule has 0 amide bonds. The first kappa shape index (κ1) is 15.7. The predicted octanol–water partition coefficient (Wildman–Crippen LogP) is 3.80. The van der Waals surface area contributed by atoms with Crippen molar-refractivity contribution in [1.29, 1.82) is 0 Å². The Hall–Kier alpha value is -2.17. The van der Waals surface area contributed by atoms with Crippen LogP contribution in [-0.2, 0) is 6.61 Å². The normalized spacial score (nSPS) is 14.8. The van der Waals surface area contributed by atoms with Gasteiger partial charge >= 0.3 is 0 Å². The molecule has 0 bridgehead atoms. The lowest BCUT2D eigenvalue weighted by atomic mass is 10.1. The molecule has 0 unspecified atom stereocenters. The van der Waals surface area contributed by atoms with Gasteiger partial charge in [-0.3, -0.25) is 0 Å². The number of piperidine rings is 1. The highest BCUT2D eigenvalue weighted by Crippen LogP contribution is 2.24. The van der Waals surface area contributed by atoms with Gasteiger partial charge in [0.2, 0.25) is 11.8 Å². The maximum absolute atomic E-state index is 13.3. The maximum Gasteiger partial charge on any atom is 0.228 e. The third-order valence-corrected chi connectivity index (χ3v) is 4.24. The summed E-state index contributed by atoms with van der Waals surface area (Å²) in [5, 5.41) is 0. The Morgan fingerprint density at radius 2 is 1.91 bits per heavy atom. The molecule has 0 spiro atoms. The molecule has 5 heteroatoms. The van der Waals surface area contributed by atoms with E-state index in [1.807, 2.05) is 19.9 Å². The number of ether oxygens (including phenoxy) is 1. The smallest absolute Gasteiger partial charge is 0.228 e. The van der Waals surface area contributed by atoms with Crippen molar-refractivity contribution < 1.29 is 9.13 Å². The number of hydrogen-bond acceptors (Lipinski definition) is 4. The topological polar surface area (TPSA) is 38.2 Å². The number of benzene rings is 1. The van der Waals surface area contributed by atoms with Gasteiger partial charge in [-0.25, -0.2) is 9.37 Å². The minimum Gasteiger partial charge on any atom is -0.472 e. The van der Waals surface area contributed by atoms with E-state index in [-0.39, 0.29) is 5.82 Å². The third kappa shape index (κ3) is 3.78. The van der Waals surface area contributed by atoms with Crippen LogP contribution in [0.4, 0.5) is 10.3 Å². The summed E-state index contributed by atoms with van der Waals surface area (Å²) in [6.07, 6.45) is 3.62. The van der Waals surface area contributed by atoms with Crippen molar-refractivity contribution in [3.05, 3.63) is 46.9 Å². The van der Waals surface area contributed by atoms with Gasteiger partial charge in [0.25, 0.3) is 0 Å². The van der Waals surface area contributed by atoms with Crippen molar-refractivity contribution in [2.75, 3.05) is 18.0 Å².